The molecule has 0 atom stereocenters. The predicted octanol–water partition coefficient (Wildman–Crippen LogP) is 2.81. The van der Waals surface area contributed by atoms with Gasteiger partial charge in [-0.1, -0.05) is 6.92 Å². The largest absolute Gasteiger partial charge is 0.365 e. The van der Waals surface area contributed by atoms with Crippen LogP contribution in [0.1, 0.15) is 38.1 Å². The smallest absolute Gasteiger partial charge is 0.269 e. The normalized spacial score (nSPS) is 13.4. The minimum absolute atomic E-state index is 0. The molecule has 10 heteroatoms. The van der Waals surface area contributed by atoms with E-state index < -0.39 is 16.7 Å². The van der Waals surface area contributed by atoms with Crippen LogP contribution in [-0.2, 0) is 13.0 Å². The molecule has 0 bridgehead atoms. The zero-order chi connectivity index (χ0) is 18.8. The van der Waals surface area contributed by atoms with E-state index in [0.29, 0.717) is 17.0 Å². The van der Waals surface area contributed by atoms with Crippen LogP contribution in [0.4, 0.5) is 10.7 Å². The second-order valence-corrected chi connectivity index (χ2v) is 7.05. The maximum Gasteiger partial charge on any atom is 0.269 e. The summed E-state index contributed by atoms with van der Waals surface area (Å²) in [5.41, 5.74) is 7.00. The second kappa shape index (κ2) is 8.47. The molecule has 1 aromatic heterocycles. The molecule has 0 aliphatic carbocycles. The number of thiophene rings is 1. The van der Waals surface area contributed by atoms with Crippen molar-refractivity contribution in [2.75, 3.05) is 18.4 Å². The van der Waals surface area contributed by atoms with E-state index in [1.54, 1.807) is 0 Å². The Labute approximate surface area is 165 Å². The predicted molar refractivity (Wildman–Crippen MR) is 106 cm³/mol. The molecule has 27 heavy (non-hydrogen) atoms. The van der Waals surface area contributed by atoms with Gasteiger partial charge in [0.1, 0.15) is 5.00 Å². The molecule has 2 heterocycles. The first kappa shape index (κ1) is 20.8. The van der Waals surface area contributed by atoms with E-state index in [1.807, 2.05) is 0 Å². The summed E-state index contributed by atoms with van der Waals surface area (Å²) >= 11 is 1.36. The number of amides is 2. The standard InChI is InChI=1S/C17H18N4O4S.ClH/c1-2-20-8-7-12-13(9-20)26-17(14(12)15(18)22)19-16(23)10-3-5-11(6-4-10)21(24)25;/h3-6H,2,7-9H2,1H3,(H2,18,22)(H,19,23);1H. The molecule has 1 aliphatic rings. The number of non-ortho nitro benzene ring substituents is 1. The third kappa shape index (κ3) is 4.26. The number of halogens is 1. The number of carbonyl (C=O) groups is 2. The molecule has 2 amide bonds. The first-order valence-corrected chi connectivity index (χ1v) is 8.94. The van der Waals surface area contributed by atoms with E-state index >= 15 is 0 Å². The third-order valence-corrected chi connectivity index (χ3v) is 5.53. The molecule has 1 aliphatic heterocycles. The Hall–Kier alpha value is -2.49. The van der Waals surface area contributed by atoms with Gasteiger partial charge in [0.2, 0.25) is 0 Å². The Balaban J connectivity index is 0.00000261. The van der Waals surface area contributed by atoms with Crippen molar-refractivity contribution in [2.24, 2.45) is 5.73 Å². The number of nitro benzene ring substituents is 1. The maximum atomic E-state index is 12.5. The molecule has 3 N–H and O–H groups in total. The number of hydrogen-bond donors (Lipinski definition) is 2. The summed E-state index contributed by atoms with van der Waals surface area (Å²) in [6.07, 6.45) is 0.714. The van der Waals surface area contributed by atoms with Gasteiger partial charge in [-0.2, -0.15) is 0 Å². The number of nitrogens with one attached hydrogen (secondary N) is 1. The number of nitro groups is 1. The number of benzene rings is 1. The summed E-state index contributed by atoms with van der Waals surface area (Å²) in [5, 5.41) is 13.9. The topological polar surface area (TPSA) is 119 Å². The molecule has 144 valence electrons. The summed E-state index contributed by atoms with van der Waals surface area (Å²) < 4.78 is 0. The molecule has 0 radical (unpaired) electrons. The molecule has 0 fully saturated rings. The highest BCUT2D eigenvalue weighted by atomic mass is 35.5. The Morgan fingerprint density at radius 2 is 2.00 bits per heavy atom. The molecule has 0 spiro atoms. The number of anilines is 1. The van der Waals surface area contributed by atoms with E-state index in [-0.39, 0.29) is 23.7 Å². The number of nitrogens with two attached hydrogens (primary N) is 1. The van der Waals surface area contributed by atoms with Crippen LogP contribution >= 0.6 is 23.7 Å². The number of fused-ring (bicyclic) bond motifs is 1. The van der Waals surface area contributed by atoms with Crippen LogP contribution < -0.4 is 11.1 Å². The summed E-state index contributed by atoms with van der Waals surface area (Å²) in [6, 6.07) is 5.29. The zero-order valence-electron chi connectivity index (χ0n) is 14.6. The van der Waals surface area contributed by atoms with Crippen molar-refractivity contribution in [1.29, 1.82) is 0 Å². The number of primary amides is 1. The van der Waals surface area contributed by atoms with Gasteiger partial charge in [0.25, 0.3) is 17.5 Å². The average molecular weight is 411 g/mol. The molecular weight excluding hydrogens is 392 g/mol. The fraction of sp³-hybridized carbons (Fsp3) is 0.294. The van der Waals surface area contributed by atoms with Gasteiger partial charge >= 0.3 is 0 Å². The Morgan fingerprint density at radius 3 is 2.56 bits per heavy atom. The lowest BCUT2D eigenvalue weighted by molar-refractivity contribution is -0.384. The van der Waals surface area contributed by atoms with Gasteiger partial charge in [-0.25, -0.2) is 0 Å². The minimum atomic E-state index is -0.563. The van der Waals surface area contributed by atoms with Crippen molar-refractivity contribution >= 4 is 46.2 Å². The van der Waals surface area contributed by atoms with Crippen LogP contribution in [0, 0.1) is 10.1 Å². The van der Waals surface area contributed by atoms with Gasteiger partial charge in [0.15, 0.2) is 0 Å². The quantitative estimate of drug-likeness (QED) is 0.580. The Bertz CT molecular complexity index is 882. The maximum absolute atomic E-state index is 12.5. The second-order valence-electron chi connectivity index (χ2n) is 5.95. The first-order valence-electron chi connectivity index (χ1n) is 8.13. The molecule has 8 nitrogen and oxygen atoms in total. The highest BCUT2D eigenvalue weighted by Gasteiger charge is 2.27. The summed E-state index contributed by atoms with van der Waals surface area (Å²) in [4.78, 5) is 37.9. The first-order chi connectivity index (χ1) is 12.4. The zero-order valence-corrected chi connectivity index (χ0v) is 16.2. The Morgan fingerprint density at radius 1 is 1.33 bits per heavy atom. The van der Waals surface area contributed by atoms with Gasteiger partial charge in [0.05, 0.1) is 10.5 Å². The Kier molecular flexibility index (Phi) is 6.53. The van der Waals surface area contributed by atoms with E-state index in [1.165, 1.54) is 35.6 Å². The minimum Gasteiger partial charge on any atom is -0.365 e. The van der Waals surface area contributed by atoms with Gasteiger partial charge in [-0.3, -0.25) is 24.6 Å². The highest BCUT2D eigenvalue weighted by Crippen LogP contribution is 2.37. The number of carbonyl (C=O) groups excluding carboxylic acids is 2. The molecule has 1 aromatic carbocycles. The molecule has 3 rings (SSSR count). The van der Waals surface area contributed by atoms with Crippen molar-refractivity contribution in [2.45, 2.75) is 19.9 Å². The lowest BCUT2D eigenvalue weighted by atomic mass is 10.0. The van der Waals surface area contributed by atoms with Gasteiger partial charge < -0.3 is 11.1 Å². The lowest BCUT2D eigenvalue weighted by Gasteiger charge is -2.25. The van der Waals surface area contributed by atoms with Crippen LogP contribution in [0.15, 0.2) is 24.3 Å². The monoisotopic (exact) mass is 410 g/mol. The molecular formula is C17H19ClN4O4S. The van der Waals surface area contributed by atoms with Crippen molar-refractivity contribution in [3.05, 3.63) is 55.9 Å². The van der Waals surface area contributed by atoms with Crippen LogP contribution in [-0.4, -0.2) is 34.7 Å². The summed E-state index contributed by atoms with van der Waals surface area (Å²) in [6.45, 7) is 4.55. The van der Waals surface area contributed by atoms with E-state index in [0.717, 1.165) is 30.1 Å². The third-order valence-electron chi connectivity index (χ3n) is 4.40. The molecule has 0 saturated carbocycles. The van der Waals surface area contributed by atoms with Crippen molar-refractivity contribution < 1.29 is 14.5 Å². The number of rotatable bonds is 5. The fourth-order valence-electron chi connectivity index (χ4n) is 2.98. The van der Waals surface area contributed by atoms with Gasteiger partial charge in [-0.15, -0.1) is 23.7 Å². The highest BCUT2D eigenvalue weighted by molar-refractivity contribution is 7.17. The van der Waals surface area contributed by atoms with Crippen molar-refractivity contribution in [1.82, 2.24) is 4.90 Å². The van der Waals surface area contributed by atoms with Crippen LogP contribution in [0.5, 0.6) is 0 Å². The summed E-state index contributed by atoms with van der Waals surface area (Å²) in [7, 11) is 0. The fourth-order valence-corrected chi connectivity index (χ4v) is 4.28. The average Bonchev–Trinajstić information content (AvgIpc) is 2.98. The number of nitrogens with zero attached hydrogens (tertiary/aromatic N) is 2. The molecule has 2 aromatic rings. The van der Waals surface area contributed by atoms with Crippen molar-refractivity contribution in [3.8, 4) is 0 Å². The van der Waals surface area contributed by atoms with E-state index in [9.17, 15) is 19.7 Å². The molecule has 0 saturated heterocycles. The van der Waals surface area contributed by atoms with Crippen LogP contribution in [0.25, 0.3) is 0 Å². The van der Waals surface area contributed by atoms with Crippen molar-refractivity contribution in [3.63, 3.8) is 0 Å². The SMILES string of the molecule is CCN1CCc2c(sc(NC(=O)c3ccc([N+](=O)[O-])cc3)c2C(N)=O)C1.Cl. The number of likely N-dealkylation sites (N-methyl/N-ethyl adjacent to an activating group) is 1. The van der Waals surface area contributed by atoms with Gasteiger partial charge in [-0.05, 0) is 30.7 Å². The van der Waals surface area contributed by atoms with E-state index in [4.69, 9.17) is 5.73 Å². The molecule has 0 unspecified atom stereocenters. The number of hydrogen-bond acceptors (Lipinski definition) is 6. The lowest BCUT2D eigenvalue weighted by Crippen LogP contribution is -2.30. The summed E-state index contributed by atoms with van der Waals surface area (Å²) in [5.74, 6) is -1.00. The van der Waals surface area contributed by atoms with Gasteiger partial charge in [0, 0.05) is 35.7 Å². The van der Waals surface area contributed by atoms with Crippen LogP contribution in [0.2, 0.25) is 0 Å². The van der Waals surface area contributed by atoms with Crippen LogP contribution in [0.3, 0.4) is 0 Å². The van der Waals surface area contributed by atoms with E-state index in [2.05, 4.69) is 17.1 Å².